The second-order valence-electron chi connectivity index (χ2n) is 6.57. The Bertz CT molecular complexity index is 673. The Balaban J connectivity index is 2.55. The van der Waals surface area contributed by atoms with Gasteiger partial charge in [-0.2, -0.15) is 5.10 Å². The number of H-pyrrole nitrogens is 1. The third-order valence-corrected chi connectivity index (χ3v) is 3.97. The summed E-state index contributed by atoms with van der Waals surface area (Å²) in [5.41, 5.74) is 1.60. The molecule has 1 atom stereocenters. The van der Waals surface area contributed by atoms with Crippen LogP contribution in [0.3, 0.4) is 0 Å². The van der Waals surface area contributed by atoms with E-state index in [9.17, 15) is 9.90 Å². The van der Waals surface area contributed by atoms with E-state index in [0.29, 0.717) is 6.54 Å². The van der Waals surface area contributed by atoms with E-state index < -0.39 is 6.09 Å². The van der Waals surface area contributed by atoms with Crippen LogP contribution in [0.25, 0.3) is 10.9 Å². The molecule has 1 aromatic heterocycles. The lowest BCUT2D eigenvalue weighted by Crippen LogP contribution is -2.35. The van der Waals surface area contributed by atoms with E-state index in [1.807, 2.05) is 18.2 Å². The summed E-state index contributed by atoms with van der Waals surface area (Å²) < 4.78 is 5.45. The molecule has 6 heteroatoms. The molecule has 0 radical (unpaired) electrons. The van der Waals surface area contributed by atoms with Crippen molar-refractivity contribution in [1.82, 2.24) is 15.1 Å². The topological polar surface area (TPSA) is 78.5 Å². The summed E-state index contributed by atoms with van der Waals surface area (Å²) in [7, 11) is 3.21. The third kappa shape index (κ3) is 3.00. The first-order chi connectivity index (χ1) is 10.3. The van der Waals surface area contributed by atoms with Crippen LogP contribution in [0.2, 0.25) is 0 Å². The average Bonchev–Trinajstić information content (AvgIpc) is 2.86. The maximum absolute atomic E-state index is 11.2. The third-order valence-electron chi connectivity index (χ3n) is 3.97. The summed E-state index contributed by atoms with van der Waals surface area (Å²) >= 11 is 0. The molecule has 1 unspecified atom stereocenters. The number of carboxylic acid groups (broad SMARTS) is 1. The highest BCUT2D eigenvalue weighted by Gasteiger charge is 2.32. The minimum absolute atomic E-state index is 0.0325. The van der Waals surface area contributed by atoms with Gasteiger partial charge in [0, 0.05) is 19.5 Å². The van der Waals surface area contributed by atoms with Crippen LogP contribution in [0, 0.1) is 5.41 Å². The van der Waals surface area contributed by atoms with E-state index in [1.165, 1.54) is 4.90 Å². The monoisotopic (exact) mass is 305 g/mol. The van der Waals surface area contributed by atoms with E-state index in [2.05, 4.69) is 31.0 Å². The van der Waals surface area contributed by atoms with Crippen molar-refractivity contribution in [2.24, 2.45) is 5.41 Å². The smallest absolute Gasteiger partial charge is 0.407 e. The van der Waals surface area contributed by atoms with Crippen LogP contribution in [0.15, 0.2) is 18.2 Å². The van der Waals surface area contributed by atoms with E-state index in [0.717, 1.165) is 22.3 Å². The average molecular weight is 305 g/mol. The fourth-order valence-corrected chi connectivity index (χ4v) is 2.63. The lowest BCUT2D eigenvalue weighted by atomic mass is 9.77. The summed E-state index contributed by atoms with van der Waals surface area (Å²) in [5.74, 6) is 0.711. The molecule has 0 aliphatic rings. The molecule has 0 aliphatic heterocycles. The molecule has 0 saturated carbocycles. The van der Waals surface area contributed by atoms with Gasteiger partial charge in [0.2, 0.25) is 0 Å². The van der Waals surface area contributed by atoms with Crippen molar-refractivity contribution >= 4 is 17.0 Å². The highest BCUT2D eigenvalue weighted by atomic mass is 16.5. The first-order valence-electron chi connectivity index (χ1n) is 7.20. The summed E-state index contributed by atoms with van der Waals surface area (Å²) in [5, 5.41) is 17.5. The van der Waals surface area contributed by atoms with Crippen molar-refractivity contribution in [3.63, 3.8) is 0 Å². The second kappa shape index (κ2) is 5.87. The van der Waals surface area contributed by atoms with E-state index in [4.69, 9.17) is 4.74 Å². The molecule has 2 aromatic rings. The van der Waals surface area contributed by atoms with Crippen molar-refractivity contribution in [2.45, 2.75) is 26.7 Å². The number of nitrogens with zero attached hydrogens (tertiary/aromatic N) is 2. The van der Waals surface area contributed by atoms with Crippen LogP contribution in [0.5, 0.6) is 5.75 Å². The first-order valence-corrected chi connectivity index (χ1v) is 7.20. The standard InChI is InChI=1S/C16H23N3O3/c1-16(2,3)10(9-19(4)15(20)21)14-13-11(17-18-14)7-6-8-12(13)22-5/h6-8,10H,9H2,1-5H3,(H,17,18)(H,20,21). The Morgan fingerprint density at radius 2 is 2.14 bits per heavy atom. The quantitative estimate of drug-likeness (QED) is 0.908. The number of rotatable bonds is 4. The molecule has 0 saturated heterocycles. The van der Waals surface area contributed by atoms with Gasteiger partial charge in [0.25, 0.3) is 0 Å². The van der Waals surface area contributed by atoms with Crippen molar-refractivity contribution in [1.29, 1.82) is 0 Å². The number of fused-ring (bicyclic) bond motifs is 1. The number of amides is 1. The van der Waals surface area contributed by atoms with Crippen LogP contribution in [-0.2, 0) is 0 Å². The maximum atomic E-state index is 11.2. The van der Waals surface area contributed by atoms with Crippen LogP contribution < -0.4 is 4.74 Å². The number of carbonyl (C=O) groups is 1. The number of hydrogen-bond donors (Lipinski definition) is 2. The SMILES string of the molecule is COc1cccc2n[nH]c(C(CN(C)C(=O)O)C(C)(C)C)c12. The molecule has 1 aromatic carbocycles. The number of hydrogen-bond acceptors (Lipinski definition) is 3. The summed E-state index contributed by atoms with van der Waals surface area (Å²) in [6.07, 6.45) is -0.940. The number of nitrogens with one attached hydrogen (secondary N) is 1. The summed E-state index contributed by atoms with van der Waals surface area (Å²) in [6.45, 7) is 6.66. The zero-order valence-corrected chi connectivity index (χ0v) is 13.7. The van der Waals surface area contributed by atoms with Gasteiger partial charge in [0.05, 0.1) is 23.7 Å². The van der Waals surface area contributed by atoms with E-state index >= 15 is 0 Å². The zero-order chi connectivity index (χ0) is 16.5. The molecule has 0 bridgehead atoms. The zero-order valence-electron chi connectivity index (χ0n) is 13.7. The highest BCUT2D eigenvalue weighted by molar-refractivity contribution is 5.88. The largest absolute Gasteiger partial charge is 0.496 e. The Kier molecular flexibility index (Phi) is 4.30. The Morgan fingerprint density at radius 3 is 2.68 bits per heavy atom. The number of aromatic amines is 1. The number of aromatic nitrogens is 2. The second-order valence-corrected chi connectivity index (χ2v) is 6.57. The minimum Gasteiger partial charge on any atom is -0.496 e. The van der Waals surface area contributed by atoms with Crippen LogP contribution in [0.1, 0.15) is 32.4 Å². The summed E-state index contributed by atoms with van der Waals surface area (Å²) in [6, 6.07) is 5.70. The molecule has 22 heavy (non-hydrogen) atoms. The molecule has 2 rings (SSSR count). The van der Waals surface area contributed by atoms with Crippen molar-refractivity contribution in [3.05, 3.63) is 23.9 Å². The molecule has 0 spiro atoms. The first kappa shape index (κ1) is 16.1. The highest BCUT2D eigenvalue weighted by Crippen LogP contribution is 2.40. The molecule has 1 heterocycles. The van der Waals surface area contributed by atoms with Crippen molar-refractivity contribution < 1.29 is 14.6 Å². The van der Waals surface area contributed by atoms with Gasteiger partial charge in [-0.05, 0) is 17.5 Å². The van der Waals surface area contributed by atoms with Gasteiger partial charge >= 0.3 is 6.09 Å². The molecule has 0 aliphatic carbocycles. The van der Waals surface area contributed by atoms with E-state index in [1.54, 1.807) is 14.2 Å². The number of likely N-dealkylation sites (N-methyl/N-ethyl adjacent to an activating group) is 1. The van der Waals surface area contributed by atoms with Crippen LogP contribution >= 0.6 is 0 Å². The molecular formula is C16H23N3O3. The fourth-order valence-electron chi connectivity index (χ4n) is 2.63. The predicted octanol–water partition coefficient (Wildman–Crippen LogP) is 3.31. The van der Waals surface area contributed by atoms with Gasteiger partial charge < -0.3 is 14.7 Å². The van der Waals surface area contributed by atoms with Crippen molar-refractivity contribution in [3.8, 4) is 5.75 Å². The fraction of sp³-hybridized carbons (Fsp3) is 0.500. The maximum Gasteiger partial charge on any atom is 0.407 e. The number of ether oxygens (including phenoxy) is 1. The van der Waals surface area contributed by atoms with Gasteiger partial charge in [-0.15, -0.1) is 0 Å². The van der Waals surface area contributed by atoms with Crippen LogP contribution in [-0.4, -0.2) is 47.0 Å². The number of methoxy groups -OCH3 is 1. The lowest BCUT2D eigenvalue weighted by molar-refractivity contribution is 0.143. The molecule has 2 N–H and O–H groups in total. The molecule has 0 fully saturated rings. The normalized spacial score (nSPS) is 13.1. The summed E-state index contributed by atoms with van der Waals surface area (Å²) in [4.78, 5) is 12.5. The Labute approximate surface area is 130 Å². The van der Waals surface area contributed by atoms with Gasteiger partial charge in [-0.3, -0.25) is 5.10 Å². The van der Waals surface area contributed by atoms with Gasteiger partial charge in [-0.1, -0.05) is 26.8 Å². The molecule has 120 valence electrons. The molecule has 6 nitrogen and oxygen atoms in total. The van der Waals surface area contributed by atoms with Gasteiger partial charge in [-0.25, -0.2) is 4.79 Å². The predicted molar refractivity (Wildman–Crippen MR) is 85.5 cm³/mol. The molecular weight excluding hydrogens is 282 g/mol. The Hall–Kier alpha value is -2.24. The molecule has 1 amide bonds. The van der Waals surface area contributed by atoms with Gasteiger partial charge in [0.1, 0.15) is 5.75 Å². The van der Waals surface area contributed by atoms with Gasteiger partial charge in [0.15, 0.2) is 0 Å². The lowest BCUT2D eigenvalue weighted by Gasteiger charge is -2.32. The minimum atomic E-state index is -0.940. The Morgan fingerprint density at radius 1 is 1.45 bits per heavy atom. The van der Waals surface area contributed by atoms with Crippen LogP contribution in [0.4, 0.5) is 4.79 Å². The van der Waals surface area contributed by atoms with Crippen molar-refractivity contribution in [2.75, 3.05) is 20.7 Å². The van der Waals surface area contributed by atoms with E-state index in [-0.39, 0.29) is 11.3 Å². The number of benzene rings is 1.